The molecular weight excluding hydrogens is 554 g/mol. The maximum Gasteiger partial charge on any atom is 0.256 e. The van der Waals surface area contributed by atoms with Crippen molar-refractivity contribution in [1.82, 2.24) is 10.2 Å². The van der Waals surface area contributed by atoms with E-state index in [1.165, 1.54) is 16.7 Å². The third-order valence-corrected chi connectivity index (χ3v) is 8.74. The van der Waals surface area contributed by atoms with Gasteiger partial charge in [0.15, 0.2) is 0 Å². The molecule has 0 fully saturated rings. The van der Waals surface area contributed by atoms with Crippen molar-refractivity contribution in [1.29, 1.82) is 0 Å². The molecule has 5 aromatic rings. The van der Waals surface area contributed by atoms with E-state index in [1.54, 1.807) is 0 Å². The second-order valence-corrected chi connectivity index (χ2v) is 11.7. The van der Waals surface area contributed by atoms with Crippen LogP contribution in [0.4, 0.5) is 5.69 Å². The molecule has 2 atom stereocenters. The van der Waals surface area contributed by atoms with Crippen molar-refractivity contribution in [2.75, 3.05) is 11.9 Å². The van der Waals surface area contributed by atoms with Gasteiger partial charge in [-0.1, -0.05) is 109 Å². The highest BCUT2D eigenvalue weighted by Gasteiger charge is 2.39. The lowest BCUT2D eigenvalue weighted by molar-refractivity contribution is 0.0659. The second kappa shape index (κ2) is 14.1. The number of amides is 2. The molecule has 0 aliphatic carbocycles. The second-order valence-electron chi connectivity index (χ2n) is 11.7. The molecule has 2 N–H and O–H groups in total. The number of carbonyl (C=O) groups is 2. The largest absolute Gasteiger partial charge is 0.361 e. The normalized spacial score (nSPS) is 14.7. The molecule has 0 saturated heterocycles. The molecule has 1 aliphatic heterocycles. The fraction of sp³-hybridized carbons (Fsp3) is 0.200. The minimum absolute atomic E-state index is 0.0308. The van der Waals surface area contributed by atoms with Crippen LogP contribution in [0.5, 0.6) is 0 Å². The number of hydrogen-bond acceptors (Lipinski definition) is 3. The zero-order valence-corrected chi connectivity index (χ0v) is 25.6. The highest BCUT2D eigenvalue weighted by molar-refractivity contribution is 6.00. The molecule has 5 heteroatoms. The maximum atomic E-state index is 13.6. The van der Waals surface area contributed by atoms with Crippen molar-refractivity contribution in [3.8, 4) is 0 Å². The molecule has 0 aromatic heterocycles. The van der Waals surface area contributed by atoms with Gasteiger partial charge >= 0.3 is 0 Å². The molecule has 2 unspecified atom stereocenters. The van der Waals surface area contributed by atoms with Crippen LogP contribution in [0.15, 0.2) is 140 Å². The Morgan fingerprint density at radius 3 is 1.93 bits per heavy atom. The van der Waals surface area contributed by atoms with Crippen LogP contribution in [0.2, 0.25) is 0 Å². The van der Waals surface area contributed by atoms with Gasteiger partial charge in [0, 0.05) is 40.9 Å². The summed E-state index contributed by atoms with van der Waals surface area (Å²) >= 11 is 0. The topological polar surface area (TPSA) is 61.4 Å². The highest BCUT2D eigenvalue weighted by atomic mass is 16.2. The molecule has 0 saturated carbocycles. The standard InChI is InChI=1S/C40H39N3O2/c1-29(21-22-30-13-5-2-6-14-30)43-38(36-19-11-12-20-37(36)40(43)45)42-34-25-23-33(24-26-34)39(44)41-28-27-35(31-15-7-3-8-16-31)32-17-9-4-10-18-32/h2-20,23-26,29,35,38,42H,21-22,27-28H2,1H3,(H,41,44). The lowest BCUT2D eigenvalue weighted by Crippen LogP contribution is -2.39. The minimum atomic E-state index is -0.285. The first kappa shape index (κ1) is 29.9. The molecule has 45 heavy (non-hydrogen) atoms. The lowest BCUT2D eigenvalue weighted by Gasteiger charge is -2.32. The minimum Gasteiger partial charge on any atom is -0.361 e. The van der Waals surface area contributed by atoms with E-state index in [9.17, 15) is 9.59 Å². The Kier molecular flexibility index (Phi) is 9.35. The smallest absolute Gasteiger partial charge is 0.256 e. The van der Waals surface area contributed by atoms with Crippen LogP contribution in [0.1, 0.15) is 74.8 Å². The van der Waals surface area contributed by atoms with Gasteiger partial charge in [0.2, 0.25) is 0 Å². The quantitative estimate of drug-likeness (QED) is 0.153. The van der Waals surface area contributed by atoms with Crippen molar-refractivity contribution < 1.29 is 9.59 Å². The Morgan fingerprint density at radius 2 is 1.29 bits per heavy atom. The number of nitrogens with zero attached hydrogens (tertiary/aromatic N) is 1. The van der Waals surface area contributed by atoms with Gasteiger partial charge in [-0.25, -0.2) is 0 Å². The summed E-state index contributed by atoms with van der Waals surface area (Å²) in [5.74, 6) is 0.150. The number of rotatable bonds is 12. The molecule has 5 aromatic carbocycles. The van der Waals surface area contributed by atoms with Gasteiger partial charge in [0.05, 0.1) is 0 Å². The predicted molar refractivity (Wildman–Crippen MR) is 181 cm³/mol. The molecule has 1 aliphatic rings. The summed E-state index contributed by atoms with van der Waals surface area (Å²) in [6, 6.07) is 46.6. The Bertz CT molecular complexity index is 1670. The van der Waals surface area contributed by atoms with Gasteiger partial charge in [0.25, 0.3) is 11.8 Å². The van der Waals surface area contributed by atoms with Gasteiger partial charge < -0.3 is 15.5 Å². The molecule has 6 rings (SSSR count). The van der Waals surface area contributed by atoms with Crippen molar-refractivity contribution in [2.45, 2.75) is 44.3 Å². The van der Waals surface area contributed by atoms with Crippen LogP contribution in [0.3, 0.4) is 0 Å². The molecular formula is C40H39N3O2. The molecule has 226 valence electrons. The summed E-state index contributed by atoms with van der Waals surface area (Å²) in [4.78, 5) is 28.6. The fourth-order valence-electron chi connectivity index (χ4n) is 6.30. The Labute approximate surface area is 265 Å². The summed E-state index contributed by atoms with van der Waals surface area (Å²) in [6.07, 6.45) is 2.27. The summed E-state index contributed by atoms with van der Waals surface area (Å²) in [6.45, 7) is 2.68. The van der Waals surface area contributed by atoms with Gasteiger partial charge in [-0.05, 0) is 73.2 Å². The van der Waals surface area contributed by atoms with E-state index >= 15 is 0 Å². The van der Waals surface area contributed by atoms with Gasteiger partial charge in [-0.2, -0.15) is 0 Å². The number of carbonyl (C=O) groups excluding carboxylic acids is 2. The average Bonchev–Trinajstić information content (AvgIpc) is 3.37. The van der Waals surface area contributed by atoms with Gasteiger partial charge in [-0.15, -0.1) is 0 Å². The number of nitrogens with one attached hydrogen (secondary N) is 2. The van der Waals surface area contributed by atoms with Crippen molar-refractivity contribution in [2.24, 2.45) is 0 Å². The lowest BCUT2D eigenvalue weighted by atomic mass is 9.88. The number of fused-ring (bicyclic) bond motifs is 1. The van der Waals surface area contributed by atoms with Crippen LogP contribution in [-0.2, 0) is 6.42 Å². The van der Waals surface area contributed by atoms with Crippen molar-refractivity contribution in [3.63, 3.8) is 0 Å². The monoisotopic (exact) mass is 593 g/mol. The van der Waals surface area contributed by atoms with Crippen molar-refractivity contribution in [3.05, 3.63) is 173 Å². The average molecular weight is 594 g/mol. The molecule has 0 radical (unpaired) electrons. The summed E-state index contributed by atoms with van der Waals surface area (Å²) in [7, 11) is 0. The first-order valence-electron chi connectivity index (χ1n) is 15.8. The SMILES string of the molecule is CC(CCc1ccccc1)N1C(=O)c2ccccc2C1Nc1ccc(C(=O)NCCC(c2ccccc2)c2ccccc2)cc1. The van der Waals surface area contributed by atoms with E-state index in [2.05, 4.69) is 90.4 Å². The van der Waals surface area contributed by atoms with E-state index in [0.29, 0.717) is 12.1 Å². The van der Waals surface area contributed by atoms with E-state index in [4.69, 9.17) is 0 Å². The molecule has 0 bridgehead atoms. The zero-order valence-electron chi connectivity index (χ0n) is 25.6. The van der Waals surface area contributed by atoms with Crippen LogP contribution >= 0.6 is 0 Å². The number of aryl methyl sites for hydroxylation is 1. The highest BCUT2D eigenvalue weighted by Crippen LogP contribution is 2.37. The Hall–Kier alpha value is -5.16. The first-order valence-corrected chi connectivity index (χ1v) is 15.8. The molecule has 2 amide bonds. The Morgan fingerprint density at radius 1 is 0.711 bits per heavy atom. The Balaban J connectivity index is 1.10. The number of anilines is 1. The van der Waals surface area contributed by atoms with E-state index in [1.807, 2.05) is 71.6 Å². The van der Waals surface area contributed by atoms with Gasteiger partial charge in [-0.3, -0.25) is 9.59 Å². The van der Waals surface area contributed by atoms with Crippen LogP contribution in [-0.4, -0.2) is 29.3 Å². The third kappa shape index (κ3) is 6.99. The molecule has 1 heterocycles. The maximum absolute atomic E-state index is 13.6. The zero-order chi connectivity index (χ0) is 31.0. The van der Waals surface area contributed by atoms with Crippen LogP contribution < -0.4 is 10.6 Å². The van der Waals surface area contributed by atoms with E-state index < -0.39 is 0 Å². The summed E-state index contributed by atoms with van der Waals surface area (Å²) < 4.78 is 0. The summed E-state index contributed by atoms with van der Waals surface area (Å²) in [5.41, 5.74) is 6.92. The van der Waals surface area contributed by atoms with Gasteiger partial charge in [0.1, 0.15) is 6.17 Å². The predicted octanol–water partition coefficient (Wildman–Crippen LogP) is 8.23. The van der Waals surface area contributed by atoms with Crippen LogP contribution in [0.25, 0.3) is 0 Å². The number of benzene rings is 5. The van der Waals surface area contributed by atoms with E-state index in [-0.39, 0.29) is 29.9 Å². The number of hydrogen-bond donors (Lipinski definition) is 2. The third-order valence-electron chi connectivity index (χ3n) is 8.74. The van der Waals surface area contributed by atoms with Crippen molar-refractivity contribution >= 4 is 17.5 Å². The fourth-order valence-corrected chi connectivity index (χ4v) is 6.30. The van der Waals surface area contributed by atoms with Crippen LogP contribution in [0, 0.1) is 0 Å². The molecule has 5 nitrogen and oxygen atoms in total. The summed E-state index contributed by atoms with van der Waals surface area (Å²) in [5, 5.41) is 6.71. The van der Waals surface area contributed by atoms with E-state index in [0.717, 1.165) is 36.1 Å². The molecule has 0 spiro atoms. The first-order chi connectivity index (χ1) is 22.1.